The second kappa shape index (κ2) is 6.26. The highest BCUT2D eigenvalue weighted by Gasteiger charge is 2.01. The highest BCUT2D eigenvalue weighted by atomic mass is 16.5. The largest absolute Gasteiger partial charge is 0.380 e. The Labute approximate surface area is 89.1 Å². The van der Waals surface area contributed by atoms with Crippen LogP contribution in [0.4, 0.5) is 0 Å². The molecular weight excluding hydrogens is 194 g/mol. The Kier molecular flexibility index (Phi) is 4.92. The predicted molar refractivity (Wildman–Crippen MR) is 56.9 cm³/mol. The van der Waals surface area contributed by atoms with Crippen molar-refractivity contribution in [1.29, 1.82) is 0 Å². The average molecular weight is 211 g/mol. The lowest BCUT2D eigenvalue weighted by Gasteiger charge is -2.03. The summed E-state index contributed by atoms with van der Waals surface area (Å²) in [5, 5.41) is 11.7. The molecule has 0 aliphatic heterocycles. The van der Waals surface area contributed by atoms with Crippen LogP contribution in [0.1, 0.15) is 18.7 Å². The van der Waals surface area contributed by atoms with Gasteiger partial charge in [-0.15, -0.1) is 10.2 Å². The second-order valence-corrected chi connectivity index (χ2v) is 3.26. The van der Waals surface area contributed by atoms with E-state index in [2.05, 4.69) is 15.4 Å². The third kappa shape index (κ3) is 4.18. The Balaban J connectivity index is 2.64. The fraction of sp³-hybridized carbons (Fsp3) is 0.667. The number of rotatable bonds is 6. The van der Waals surface area contributed by atoms with Crippen LogP contribution in [0.5, 0.6) is 0 Å². The first kappa shape index (κ1) is 11.8. The van der Waals surface area contributed by atoms with E-state index in [1.54, 1.807) is 14.2 Å². The molecule has 1 rings (SSSR count). The normalized spacial score (nSPS) is 12.1. The summed E-state index contributed by atoms with van der Waals surface area (Å²) in [7, 11) is 3.40. The molecule has 0 saturated heterocycles. The molecule has 2 N–H and O–H groups in total. The number of methoxy groups -OCH3 is 1. The monoisotopic (exact) mass is 211 g/mol. The molecule has 0 saturated carbocycles. The van der Waals surface area contributed by atoms with E-state index in [1.807, 2.05) is 6.08 Å². The van der Waals surface area contributed by atoms with Crippen molar-refractivity contribution in [3.05, 3.63) is 11.4 Å². The predicted octanol–water partition coefficient (Wildman–Crippen LogP) is -0.0212. The number of aromatic nitrogens is 4. The highest BCUT2D eigenvalue weighted by Crippen LogP contribution is 2.08. The minimum atomic E-state index is 0.582. The molecule has 0 radical (unpaired) electrons. The van der Waals surface area contributed by atoms with Gasteiger partial charge in [-0.1, -0.05) is 0 Å². The lowest BCUT2D eigenvalue weighted by Crippen LogP contribution is -2.02. The van der Waals surface area contributed by atoms with Crippen molar-refractivity contribution >= 4 is 6.08 Å². The minimum Gasteiger partial charge on any atom is -0.380 e. The van der Waals surface area contributed by atoms with Crippen LogP contribution in [0, 0.1) is 0 Å². The topological polar surface area (TPSA) is 78.9 Å². The van der Waals surface area contributed by atoms with Gasteiger partial charge in [-0.05, 0) is 36.2 Å². The van der Waals surface area contributed by atoms with Crippen molar-refractivity contribution in [3.8, 4) is 0 Å². The fourth-order valence-corrected chi connectivity index (χ4v) is 1.24. The Morgan fingerprint density at radius 3 is 2.93 bits per heavy atom. The lowest BCUT2D eigenvalue weighted by atomic mass is 10.1. The van der Waals surface area contributed by atoms with Crippen LogP contribution in [0.2, 0.25) is 0 Å². The zero-order valence-electron chi connectivity index (χ0n) is 9.18. The Bertz CT molecular complexity index is 320. The van der Waals surface area contributed by atoms with Gasteiger partial charge in [-0.25, -0.2) is 0 Å². The molecular formula is C9H17N5O. The maximum atomic E-state index is 5.45. The van der Waals surface area contributed by atoms with Crippen molar-refractivity contribution in [3.63, 3.8) is 0 Å². The smallest absolute Gasteiger partial charge is 0.197 e. The molecule has 0 fully saturated rings. The molecule has 0 bridgehead atoms. The van der Waals surface area contributed by atoms with Crippen LogP contribution in [0.25, 0.3) is 6.08 Å². The summed E-state index contributed by atoms with van der Waals surface area (Å²) in [6.45, 7) is 1.26. The van der Waals surface area contributed by atoms with Crippen molar-refractivity contribution < 1.29 is 4.74 Å². The van der Waals surface area contributed by atoms with Crippen molar-refractivity contribution in [2.75, 3.05) is 20.3 Å². The number of nitrogens with two attached hydrogens (primary N) is 1. The molecule has 1 aromatic heterocycles. The van der Waals surface area contributed by atoms with Gasteiger partial charge in [0.15, 0.2) is 5.82 Å². The molecule has 6 heteroatoms. The van der Waals surface area contributed by atoms with E-state index in [4.69, 9.17) is 10.5 Å². The summed E-state index contributed by atoms with van der Waals surface area (Å²) in [6.07, 6.45) is 3.74. The van der Waals surface area contributed by atoms with E-state index >= 15 is 0 Å². The molecule has 0 atom stereocenters. The van der Waals surface area contributed by atoms with E-state index in [0.29, 0.717) is 19.0 Å². The number of ether oxygens (including phenoxy) is 1. The quantitative estimate of drug-likeness (QED) is 0.715. The fourth-order valence-electron chi connectivity index (χ4n) is 1.24. The average Bonchev–Trinajstić information content (AvgIpc) is 2.61. The third-order valence-corrected chi connectivity index (χ3v) is 1.89. The van der Waals surface area contributed by atoms with Gasteiger partial charge >= 0.3 is 0 Å². The van der Waals surface area contributed by atoms with Crippen molar-refractivity contribution in [1.82, 2.24) is 20.2 Å². The first-order valence-electron chi connectivity index (χ1n) is 4.88. The lowest BCUT2D eigenvalue weighted by molar-refractivity contribution is 0.223. The number of aryl methyl sites for hydroxylation is 1. The maximum Gasteiger partial charge on any atom is 0.197 e. The van der Waals surface area contributed by atoms with Gasteiger partial charge in [0.1, 0.15) is 0 Å². The molecule has 0 aromatic carbocycles. The molecule has 0 aliphatic rings. The zero-order chi connectivity index (χ0) is 11.1. The van der Waals surface area contributed by atoms with Crippen molar-refractivity contribution in [2.45, 2.75) is 12.8 Å². The molecule has 0 aliphatic carbocycles. The van der Waals surface area contributed by atoms with Crippen LogP contribution in [0.15, 0.2) is 5.57 Å². The van der Waals surface area contributed by atoms with Gasteiger partial charge < -0.3 is 10.5 Å². The molecule has 6 nitrogen and oxygen atoms in total. The highest BCUT2D eigenvalue weighted by molar-refractivity contribution is 5.44. The van der Waals surface area contributed by atoms with Gasteiger partial charge in [-0.2, -0.15) is 4.80 Å². The van der Waals surface area contributed by atoms with E-state index < -0.39 is 0 Å². The van der Waals surface area contributed by atoms with Crippen LogP contribution in [-0.4, -0.2) is 40.5 Å². The summed E-state index contributed by atoms with van der Waals surface area (Å²) < 4.78 is 5.09. The minimum absolute atomic E-state index is 0.582. The van der Waals surface area contributed by atoms with Gasteiger partial charge in [-0.3, -0.25) is 0 Å². The zero-order valence-corrected chi connectivity index (χ0v) is 9.18. The van der Waals surface area contributed by atoms with Crippen LogP contribution in [0.3, 0.4) is 0 Å². The van der Waals surface area contributed by atoms with E-state index in [9.17, 15) is 0 Å². The van der Waals surface area contributed by atoms with Crippen LogP contribution >= 0.6 is 0 Å². The Hall–Kier alpha value is -1.27. The number of hydrogen-bond donors (Lipinski definition) is 1. The summed E-state index contributed by atoms with van der Waals surface area (Å²) in [6, 6.07) is 0. The Morgan fingerprint density at radius 1 is 1.60 bits per heavy atom. The van der Waals surface area contributed by atoms with Crippen LogP contribution in [-0.2, 0) is 11.8 Å². The van der Waals surface area contributed by atoms with Gasteiger partial charge in [0, 0.05) is 7.11 Å². The van der Waals surface area contributed by atoms with Crippen LogP contribution < -0.4 is 5.73 Å². The summed E-state index contributed by atoms with van der Waals surface area (Å²) in [5.74, 6) is 0.613. The van der Waals surface area contributed by atoms with E-state index in [-0.39, 0.29) is 0 Å². The summed E-state index contributed by atoms with van der Waals surface area (Å²) in [4.78, 5) is 1.43. The number of hydrogen-bond acceptors (Lipinski definition) is 5. The van der Waals surface area contributed by atoms with Gasteiger partial charge in [0.2, 0.25) is 0 Å². The van der Waals surface area contributed by atoms with E-state index in [0.717, 1.165) is 18.4 Å². The third-order valence-electron chi connectivity index (χ3n) is 1.89. The first-order chi connectivity index (χ1) is 7.26. The molecule has 0 spiro atoms. The summed E-state index contributed by atoms with van der Waals surface area (Å²) >= 11 is 0. The molecule has 0 amide bonds. The van der Waals surface area contributed by atoms with E-state index in [1.165, 1.54) is 4.80 Å². The molecule has 84 valence electrons. The maximum absolute atomic E-state index is 5.45. The van der Waals surface area contributed by atoms with Gasteiger partial charge in [0.05, 0.1) is 13.7 Å². The number of nitrogens with zero attached hydrogens (tertiary/aromatic N) is 4. The molecule has 0 unspecified atom stereocenters. The Morgan fingerprint density at radius 2 is 2.40 bits per heavy atom. The summed E-state index contributed by atoms with van der Waals surface area (Å²) in [5.41, 5.74) is 6.59. The number of tetrazole rings is 1. The molecule has 1 aromatic rings. The molecule has 15 heavy (non-hydrogen) atoms. The SMILES string of the molecule is COCC(=Cc1nnn(C)n1)CCCN. The standard InChI is InChI=1S/C9H17N5O/c1-14-12-9(11-13-14)6-8(7-15-2)4-3-5-10/h6H,3-5,7,10H2,1-2H3. The van der Waals surface area contributed by atoms with Gasteiger partial charge in [0.25, 0.3) is 0 Å². The van der Waals surface area contributed by atoms with Crippen molar-refractivity contribution in [2.24, 2.45) is 12.8 Å². The second-order valence-electron chi connectivity index (χ2n) is 3.26. The molecule has 1 heterocycles. The first-order valence-corrected chi connectivity index (χ1v) is 4.88.